The van der Waals surface area contributed by atoms with E-state index in [2.05, 4.69) is 10.6 Å². The molecule has 0 radical (unpaired) electrons. The Morgan fingerprint density at radius 2 is 1.82 bits per heavy atom. The molecular weight excluding hydrogens is 226 g/mol. The summed E-state index contributed by atoms with van der Waals surface area (Å²) < 4.78 is 0. The molecular formula is C10H17N3O4. The largest absolute Gasteiger partial charge is 0.480 e. The average molecular weight is 243 g/mol. The number of urea groups is 1. The highest BCUT2D eigenvalue weighted by Gasteiger charge is 2.28. The topological polar surface area (TPSA) is 98.7 Å². The van der Waals surface area contributed by atoms with Gasteiger partial charge in [-0.3, -0.25) is 9.59 Å². The van der Waals surface area contributed by atoms with Crippen LogP contribution in [-0.4, -0.2) is 54.6 Å². The number of aliphatic carboxylic acids is 1. The summed E-state index contributed by atoms with van der Waals surface area (Å²) in [5.74, 6) is -0.886. The SMILES string of the molecule is CN(CC(=O)O)C(=O)NCCNC(=O)C1CC1. The minimum Gasteiger partial charge on any atom is -0.480 e. The zero-order valence-electron chi connectivity index (χ0n) is 9.73. The van der Waals surface area contributed by atoms with Crippen LogP contribution in [0, 0.1) is 5.92 Å². The molecule has 0 bridgehead atoms. The zero-order valence-corrected chi connectivity index (χ0v) is 9.73. The molecule has 0 aromatic carbocycles. The van der Waals surface area contributed by atoms with Gasteiger partial charge in [0.25, 0.3) is 0 Å². The molecule has 7 nitrogen and oxygen atoms in total. The lowest BCUT2D eigenvalue weighted by Gasteiger charge is -2.15. The van der Waals surface area contributed by atoms with Gasteiger partial charge in [-0.05, 0) is 12.8 Å². The second-order valence-corrected chi connectivity index (χ2v) is 4.05. The average Bonchev–Trinajstić information content (AvgIpc) is 3.06. The fourth-order valence-corrected chi connectivity index (χ4v) is 1.25. The normalized spacial score (nSPS) is 13.9. The van der Waals surface area contributed by atoms with Gasteiger partial charge in [0, 0.05) is 26.1 Å². The first-order valence-electron chi connectivity index (χ1n) is 5.49. The molecule has 0 atom stereocenters. The lowest BCUT2D eigenvalue weighted by Crippen LogP contribution is -2.43. The van der Waals surface area contributed by atoms with Crippen LogP contribution in [0.4, 0.5) is 4.79 Å². The van der Waals surface area contributed by atoms with E-state index in [1.165, 1.54) is 7.05 Å². The van der Waals surface area contributed by atoms with Crippen LogP contribution in [0.2, 0.25) is 0 Å². The van der Waals surface area contributed by atoms with Gasteiger partial charge in [-0.15, -0.1) is 0 Å². The van der Waals surface area contributed by atoms with Gasteiger partial charge in [-0.2, -0.15) is 0 Å². The highest BCUT2D eigenvalue weighted by atomic mass is 16.4. The van der Waals surface area contributed by atoms with Crippen molar-refractivity contribution < 1.29 is 19.5 Å². The van der Waals surface area contributed by atoms with Crippen molar-refractivity contribution in [1.82, 2.24) is 15.5 Å². The van der Waals surface area contributed by atoms with Crippen molar-refractivity contribution in [1.29, 1.82) is 0 Å². The molecule has 1 aliphatic carbocycles. The van der Waals surface area contributed by atoms with Gasteiger partial charge in [0.15, 0.2) is 0 Å². The number of likely N-dealkylation sites (N-methyl/N-ethyl adjacent to an activating group) is 1. The van der Waals surface area contributed by atoms with Crippen molar-refractivity contribution in [2.75, 3.05) is 26.7 Å². The van der Waals surface area contributed by atoms with Crippen molar-refractivity contribution >= 4 is 17.9 Å². The fraction of sp³-hybridized carbons (Fsp3) is 0.700. The Bertz CT molecular complexity index is 315. The first kappa shape index (κ1) is 13.3. The molecule has 3 amide bonds. The molecule has 3 N–H and O–H groups in total. The highest BCUT2D eigenvalue weighted by molar-refractivity contribution is 5.81. The van der Waals surface area contributed by atoms with Crippen LogP contribution in [-0.2, 0) is 9.59 Å². The maximum Gasteiger partial charge on any atom is 0.323 e. The van der Waals surface area contributed by atoms with Crippen molar-refractivity contribution in [3.05, 3.63) is 0 Å². The third-order valence-electron chi connectivity index (χ3n) is 2.37. The number of nitrogens with zero attached hydrogens (tertiary/aromatic N) is 1. The predicted molar refractivity (Wildman–Crippen MR) is 59.4 cm³/mol. The van der Waals surface area contributed by atoms with E-state index in [0.29, 0.717) is 13.1 Å². The highest BCUT2D eigenvalue weighted by Crippen LogP contribution is 2.28. The van der Waals surface area contributed by atoms with Crippen molar-refractivity contribution in [2.45, 2.75) is 12.8 Å². The minimum atomic E-state index is -1.07. The van der Waals surface area contributed by atoms with Crippen molar-refractivity contribution in [3.63, 3.8) is 0 Å². The summed E-state index contributed by atoms with van der Waals surface area (Å²) in [5, 5.41) is 13.7. The maximum atomic E-state index is 11.3. The summed E-state index contributed by atoms with van der Waals surface area (Å²) in [5.41, 5.74) is 0. The second-order valence-electron chi connectivity index (χ2n) is 4.05. The van der Waals surface area contributed by atoms with Crippen LogP contribution in [0.5, 0.6) is 0 Å². The third-order valence-corrected chi connectivity index (χ3v) is 2.37. The second kappa shape index (κ2) is 6.07. The molecule has 0 saturated heterocycles. The molecule has 1 rings (SSSR count). The Morgan fingerprint density at radius 3 is 2.35 bits per heavy atom. The molecule has 1 fully saturated rings. The van der Waals surface area contributed by atoms with Crippen molar-refractivity contribution in [3.8, 4) is 0 Å². The Morgan fingerprint density at radius 1 is 1.24 bits per heavy atom. The summed E-state index contributed by atoms with van der Waals surface area (Å²) in [6.07, 6.45) is 1.89. The molecule has 17 heavy (non-hydrogen) atoms. The number of carbonyl (C=O) groups excluding carboxylic acids is 2. The van der Waals surface area contributed by atoms with E-state index in [0.717, 1.165) is 17.7 Å². The van der Waals surface area contributed by atoms with Crippen molar-refractivity contribution in [2.24, 2.45) is 5.92 Å². The molecule has 0 aliphatic heterocycles. The van der Waals surface area contributed by atoms with E-state index in [1.807, 2.05) is 0 Å². The summed E-state index contributed by atoms with van der Waals surface area (Å²) >= 11 is 0. The number of carboxylic acids is 1. The molecule has 1 aliphatic rings. The van der Waals surface area contributed by atoms with E-state index in [-0.39, 0.29) is 18.4 Å². The van der Waals surface area contributed by atoms with Gasteiger partial charge >= 0.3 is 12.0 Å². The zero-order chi connectivity index (χ0) is 12.8. The monoisotopic (exact) mass is 243 g/mol. The number of nitrogens with one attached hydrogen (secondary N) is 2. The van der Waals surface area contributed by atoms with Gasteiger partial charge < -0.3 is 20.6 Å². The third kappa shape index (κ3) is 5.19. The molecule has 7 heteroatoms. The molecule has 0 heterocycles. The molecule has 1 saturated carbocycles. The van der Waals surface area contributed by atoms with Gasteiger partial charge in [0.2, 0.25) is 5.91 Å². The van der Waals surface area contributed by atoms with E-state index >= 15 is 0 Å². The van der Waals surface area contributed by atoms with Gasteiger partial charge in [-0.25, -0.2) is 4.79 Å². The van der Waals surface area contributed by atoms with Gasteiger partial charge in [0.05, 0.1) is 0 Å². The first-order valence-corrected chi connectivity index (χ1v) is 5.49. The van der Waals surface area contributed by atoms with E-state index < -0.39 is 12.0 Å². The van der Waals surface area contributed by atoms with Gasteiger partial charge in [-0.1, -0.05) is 0 Å². The molecule has 0 spiro atoms. The standard InChI is InChI=1S/C10H17N3O4/c1-13(6-8(14)15)10(17)12-5-4-11-9(16)7-2-3-7/h7H,2-6H2,1H3,(H,11,16)(H,12,17)(H,14,15). The first-order chi connectivity index (χ1) is 8.00. The number of rotatable bonds is 6. The number of carbonyl (C=O) groups is 3. The molecule has 0 aromatic rings. The van der Waals surface area contributed by atoms with E-state index in [1.54, 1.807) is 0 Å². The predicted octanol–water partition coefficient (Wildman–Crippen LogP) is -0.761. The number of carboxylic acid groups (broad SMARTS) is 1. The van der Waals surface area contributed by atoms with Crippen LogP contribution < -0.4 is 10.6 Å². The van der Waals surface area contributed by atoms with Crippen LogP contribution in [0.25, 0.3) is 0 Å². The summed E-state index contributed by atoms with van der Waals surface area (Å²) in [6, 6.07) is -0.465. The lowest BCUT2D eigenvalue weighted by molar-refractivity contribution is -0.137. The van der Waals surface area contributed by atoms with Gasteiger partial charge in [0.1, 0.15) is 6.54 Å². The fourth-order valence-electron chi connectivity index (χ4n) is 1.25. The summed E-state index contributed by atoms with van der Waals surface area (Å²) in [4.78, 5) is 33.9. The van der Waals surface area contributed by atoms with E-state index in [4.69, 9.17) is 5.11 Å². The molecule has 96 valence electrons. The lowest BCUT2D eigenvalue weighted by atomic mass is 10.4. The van der Waals surface area contributed by atoms with E-state index in [9.17, 15) is 14.4 Å². The minimum absolute atomic E-state index is 0.0261. The quantitative estimate of drug-likeness (QED) is 0.534. The smallest absolute Gasteiger partial charge is 0.323 e. The number of amides is 3. The Labute approximate surface area is 99.2 Å². The number of hydrogen-bond acceptors (Lipinski definition) is 3. The van der Waals surface area contributed by atoms with Crippen LogP contribution >= 0.6 is 0 Å². The van der Waals surface area contributed by atoms with Crippen LogP contribution in [0.15, 0.2) is 0 Å². The summed E-state index contributed by atoms with van der Waals surface area (Å²) in [7, 11) is 1.40. The summed E-state index contributed by atoms with van der Waals surface area (Å²) in [6.45, 7) is 0.309. The van der Waals surface area contributed by atoms with Crippen LogP contribution in [0.3, 0.4) is 0 Å². The Balaban J connectivity index is 2.06. The molecule has 0 unspecified atom stereocenters. The number of hydrogen-bond donors (Lipinski definition) is 3. The maximum absolute atomic E-state index is 11.3. The Hall–Kier alpha value is -1.79. The molecule has 0 aromatic heterocycles. The van der Waals surface area contributed by atoms with Crippen LogP contribution in [0.1, 0.15) is 12.8 Å². The Kier molecular flexibility index (Phi) is 4.74.